The molecular formula is C26H33N5. The molecule has 1 aliphatic rings. The van der Waals surface area contributed by atoms with Gasteiger partial charge in [0.2, 0.25) is 0 Å². The van der Waals surface area contributed by atoms with E-state index < -0.39 is 0 Å². The summed E-state index contributed by atoms with van der Waals surface area (Å²) in [7, 11) is 4.27. The van der Waals surface area contributed by atoms with Gasteiger partial charge in [-0.25, -0.2) is 0 Å². The number of benzene rings is 1. The number of nitrogens with zero attached hydrogens (tertiary/aromatic N) is 4. The van der Waals surface area contributed by atoms with Gasteiger partial charge in [-0.05, 0) is 93.0 Å². The van der Waals surface area contributed by atoms with Crippen LogP contribution in [0.4, 0.5) is 5.69 Å². The largest absolute Gasteiger partial charge is 0.370 e. The van der Waals surface area contributed by atoms with E-state index in [0.717, 1.165) is 36.7 Å². The second-order valence-corrected chi connectivity index (χ2v) is 8.50. The van der Waals surface area contributed by atoms with Gasteiger partial charge in [0, 0.05) is 44.3 Å². The Morgan fingerprint density at radius 2 is 1.77 bits per heavy atom. The van der Waals surface area contributed by atoms with Gasteiger partial charge in [-0.1, -0.05) is 12.1 Å². The fourth-order valence-electron chi connectivity index (χ4n) is 4.02. The highest BCUT2D eigenvalue weighted by Gasteiger charge is 2.12. The first-order valence-corrected chi connectivity index (χ1v) is 11.2. The molecule has 5 nitrogen and oxygen atoms in total. The zero-order chi connectivity index (χ0) is 21.6. The lowest BCUT2D eigenvalue weighted by Crippen LogP contribution is -2.37. The Hall–Kier alpha value is -3.05. The number of anilines is 1. The topological polar surface area (TPSA) is 40.1 Å². The maximum atomic E-state index is 4.42. The summed E-state index contributed by atoms with van der Waals surface area (Å²) in [4.78, 5) is 4.96. The Bertz CT molecular complexity index is 1060. The first kappa shape index (κ1) is 21.2. The number of aromatic nitrogens is 3. The predicted octanol–water partition coefficient (Wildman–Crippen LogP) is 4.93. The summed E-state index contributed by atoms with van der Waals surface area (Å²) < 4.78 is 2.09. The number of likely N-dealkylation sites (N-methyl/N-ethyl adjacent to an activating group) is 1. The average Bonchev–Trinajstić information content (AvgIpc) is 3.37. The molecule has 4 rings (SSSR count). The lowest BCUT2D eigenvalue weighted by molar-refractivity contribution is 0.318. The number of hydrogen-bond acceptors (Lipinski definition) is 3. The minimum atomic E-state index is 0.932. The number of aromatic amines is 1. The van der Waals surface area contributed by atoms with Gasteiger partial charge in [0.25, 0.3) is 0 Å². The van der Waals surface area contributed by atoms with Crippen LogP contribution in [0.5, 0.6) is 0 Å². The van der Waals surface area contributed by atoms with Gasteiger partial charge in [0.15, 0.2) is 0 Å². The van der Waals surface area contributed by atoms with Crippen LogP contribution in [-0.2, 0) is 7.05 Å². The second kappa shape index (κ2) is 9.84. The third-order valence-electron chi connectivity index (χ3n) is 6.06. The second-order valence-electron chi connectivity index (χ2n) is 8.50. The van der Waals surface area contributed by atoms with Gasteiger partial charge in [0.05, 0.1) is 11.4 Å². The van der Waals surface area contributed by atoms with E-state index in [1.54, 1.807) is 0 Å². The molecule has 0 unspecified atom stereocenters. The van der Waals surface area contributed by atoms with Crippen molar-refractivity contribution < 1.29 is 0 Å². The fraction of sp³-hybridized carbons (Fsp3) is 0.346. The van der Waals surface area contributed by atoms with Crippen LogP contribution in [0.2, 0.25) is 0 Å². The molecule has 2 aromatic heterocycles. The van der Waals surface area contributed by atoms with Crippen LogP contribution < -0.4 is 4.90 Å². The van der Waals surface area contributed by atoms with Crippen molar-refractivity contribution in [3.05, 3.63) is 70.8 Å². The van der Waals surface area contributed by atoms with Gasteiger partial charge in [-0.3, -0.25) is 5.10 Å². The molecular weight excluding hydrogens is 382 g/mol. The molecule has 1 aromatic carbocycles. The van der Waals surface area contributed by atoms with Crippen LogP contribution in [-0.4, -0.2) is 52.9 Å². The molecule has 1 fully saturated rings. The van der Waals surface area contributed by atoms with Crippen LogP contribution in [0.3, 0.4) is 0 Å². The third-order valence-corrected chi connectivity index (χ3v) is 6.06. The van der Waals surface area contributed by atoms with Crippen LogP contribution in [0.25, 0.3) is 24.3 Å². The minimum Gasteiger partial charge on any atom is -0.370 e. The van der Waals surface area contributed by atoms with Crippen molar-refractivity contribution in [1.29, 1.82) is 0 Å². The highest BCUT2D eigenvalue weighted by molar-refractivity contribution is 5.73. The van der Waals surface area contributed by atoms with E-state index in [1.807, 2.05) is 19.3 Å². The molecule has 1 aliphatic heterocycles. The van der Waals surface area contributed by atoms with Gasteiger partial charge >= 0.3 is 0 Å². The number of rotatable bonds is 5. The van der Waals surface area contributed by atoms with Crippen LogP contribution in [0.1, 0.15) is 41.1 Å². The smallest absolute Gasteiger partial charge is 0.0854 e. The molecule has 1 N–H and O–H groups in total. The Balaban J connectivity index is 1.42. The number of hydrogen-bond donors (Lipinski definition) is 1. The summed E-state index contributed by atoms with van der Waals surface area (Å²) in [6, 6.07) is 13.0. The monoisotopic (exact) mass is 415 g/mol. The normalized spacial score (nSPS) is 16.3. The summed E-state index contributed by atoms with van der Waals surface area (Å²) >= 11 is 0. The van der Waals surface area contributed by atoms with Crippen LogP contribution in [0, 0.1) is 6.92 Å². The summed E-state index contributed by atoms with van der Waals surface area (Å²) in [5.41, 5.74) is 6.95. The highest BCUT2D eigenvalue weighted by Crippen LogP contribution is 2.22. The van der Waals surface area contributed by atoms with E-state index in [1.165, 1.54) is 36.2 Å². The molecule has 3 aromatic rings. The first-order chi connectivity index (χ1) is 15.1. The zero-order valence-corrected chi connectivity index (χ0v) is 18.9. The maximum Gasteiger partial charge on any atom is 0.0854 e. The average molecular weight is 416 g/mol. The minimum absolute atomic E-state index is 0.932. The van der Waals surface area contributed by atoms with Crippen LogP contribution in [0.15, 0.2) is 42.6 Å². The lowest BCUT2D eigenvalue weighted by Gasteiger charge is -2.30. The molecule has 5 heteroatoms. The van der Waals surface area contributed by atoms with E-state index in [4.69, 9.17) is 0 Å². The lowest BCUT2D eigenvalue weighted by atomic mass is 10.1. The van der Waals surface area contributed by atoms with Crippen molar-refractivity contribution in [3.8, 4) is 0 Å². The summed E-state index contributed by atoms with van der Waals surface area (Å²) in [5.74, 6) is 0. The molecule has 0 amide bonds. The molecule has 1 saturated heterocycles. The molecule has 162 valence electrons. The zero-order valence-electron chi connectivity index (χ0n) is 18.9. The molecule has 0 bridgehead atoms. The summed E-state index contributed by atoms with van der Waals surface area (Å²) in [6.45, 7) is 6.78. The van der Waals surface area contributed by atoms with Gasteiger partial charge in [-0.2, -0.15) is 5.10 Å². The van der Waals surface area contributed by atoms with E-state index in [2.05, 4.69) is 93.2 Å². The highest BCUT2D eigenvalue weighted by atomic mass is 15.2. The Kier molecular flexibility index (Phi) is 6.73. The van der Waals surface area contributed by atoms with E-state index in [-0.39, 0.29) is 0 Å². The fourth-order valence-corrected chi connectivity index (χ4v) is 4.02. The standard InChI is InChI=1S/C26H33N5/c1-21-19-26(31-16-5-4-14-29(2)17-18-31)12-9-22(21)8-10-23-20-24(28-27-23)11-13-25-7-6-15-30(25)3/h6-13,15,19-20H,4-5,14,16-18H2,1-3H3,(H,27,28)/b10-8+,13-11+. The summed E-state index contributed by atoms with van der Waals surface area (Å²) in [6.07, 6.45) is 12.9. The van der Waals surface area contributed by atoms with Crippen molar-refractivity contribution in [2.24, 2.45) is 7.05 Å². The van der Waals surface area contributed by atoms with Crippen molar-refractivity contribution in [3.63, 3.8) is 0 Å². The number of aryl methyl sites for hydroxylation is 2. The Morgan fingerprint density at radius 1 is 0.903 bits per heavy atom. The van der Waals surface area contributed by atoms with Crippen molar-refractivity contribution >= 4 is 30.0 Å². The quantitative estimate of drug-likeness (QED) is 0.642. The molecule has 31 heavy (non-hydrogen) atoms. The van der Waals surface area contributed by atoms with Gasteiger partial charge in [0.1, 0.15) is 0 Å². The number of nitrogens with one attached hydrogen (secondary N) is 1. The van der Waals surface area contributed by atoms with Crippen LogP contribution >= 0.6 is 0 Å². The number of H-pyrrole nitrogens is 1. The van der Waals surface area contributed by atoms with E-state index in [0.29, 0.717) is 0 Å². The van der Waals surface area contributed by atoms with Gasteiger partial charge < -0.3 is 14.4 Å². The molecule has 0 aliphatic carbocycles. The summed E-state index contributed by atoms with van der Waals surface area (Å²) in [5, 5.41) is 7.52. The van der Waals surface area contributed by atoms with Crippen molar-refractivity contribution in [2.45, 2.75) is 19.8 Å². The van der Waals surface area contributed by atoms with Gasteiger partial charge in [-0.15, -0.1) is 0 Å². The van der Waals surface area contributed by atoms with E-state index in [9.17, 15) is 0 Å². The molecule has 0 saturated carbocycles. The molecule has 0 spiro atoms. The van der Waals surface area contributed by atoms with Crippen molar-refractivity contribution in [1.82, 2.24) is 19.7 Å². The van der Waals surface area contributed by atoms with E-state index >= 15 is 0 Å². The molecule has 0 atom stereocenters. The van der Waals surface area contributed by atoms with Crippen molar-refractivity contribution in [2.75, 3.05) is 38.1 Å². The molecule has 0 radical (unpaired) electrons. The molecule has 3 heterocycles. The first-order valence-electron chi connectivity index (χ1n) is 11.2. The third kappa shape index (κ3) is 5.56. The Labute approximate surface area is 185 Å². The predicted molar refractivity (Wildman–Crippen MR) is 132 cm³/mol. The SMILES string of the molecule is Cc1cc(N2CCCCN(C)CC2)ccc1/C=C/c1cc(/C=C/c2cccn2C)[nH]n1. The maximum absolute atomic E-state index is 4.42. The Morgan fingerprint density at radius 3 is 2.58 bits per heavy atom.